The summed E-state index contributed by atoms with van der Waals surface area (Å²) in [6.45, 7) is 9.85. The number of carbonyl (C=O) groups excluding carboxylic acids is 2. The highest BCUT2D eigenvalue weighted by Gasteiger charge is 2.38. The molecule has 2 atom stereocenters. The van der Waals surface area contributed by atoms with Crippen molar-refractivity contribution in [2.45, 2.75) is 45.4 Å². The van der Waals surface area contributed by atoms with Crippen molar-refractivity contribution in [1.29, 1.82) is 0 Å². The second-order valence-corrected chi connectivity index (χ2v) is 6.24. The highest BCUT2D eigenvalue weighted by atomic mass is 16.6. The number of ether oxygens (including phenoxy) is 1. The number of carbonyl (C=O) groups is 2. The average Bonchev–Trinajstić information content (AvgIpc) is 2.31. The number of fused-ring (bicyclic) bond motifs is 1. The van der Waals surface area contributed by atoms with Crippen molar-refractivity contribution >= 4 is 12.0 Å². The molecule has 6 heteroatoms. The lowest BCUT2D eigenvalue weighted by Crippen LogP contribution is -2.66. The SMILES string of the molecule is C[C@@H]1NC[C@@H]2CN(C(=O)OC(C)(C)C)CCN2C1=O. The molecule has 2 amide bonds. The van der Waals surface area contributed by atoms with Crippen LogP contribution in [0.25, 0.3) is 0 Å². The van der Waals surface area contributed by atoms with Crippen LogP contribution in [0.1, 0.15) is 27.7 Å². The van der Waals surface area contributed by atoms with Gasteiger partial charge in [-0.15, -0.1) is 0 Å². The van der Waals surface area contributed by atoms with Gasteiger partial charge in [-0.05, 0) is 27.7 Å². The fourth-order valence-electron chi connectivity index (χ4n) is 2.46. The van der Waals surface area contributed by atoms with Crippen molar-refractivity contribution in [2.24, 2.45) is 0 Å². The van der Waals surface area contributed by atoms with Gasteiger partial charge in [0.15, 0.2) is 0 Å². The molecule has 1 N–H and O–H groups in total. The van der Waals surface area contributed by atoms with Gasteiger partial charge < -0.3 is 19.9 Å². The Morgan fingerprint density at radius 1 is 1.37 bits per heavy atom. The van der Waals surface area contributed by atoms with Crippen molar-refractivity contribution in [1.82, 2.24) is 15.1 Å². The zero-order valence-corrected chi connectivity index (χ0v) is 12.1. The van der Waals surface area contributed by atoms with E-state index in [9.17, 15) is 9.59 Å². The second-order valence-electron chi connectivity index (χ2n) is 6.24. The van der Waals surface area contributed by atoms with Crippen molar-refractivity contribution < 1.29 is 14.3 Å². The van der Waals surface area contributed by atoms with Gasteiger partial charge in [0.2, 0.25) is 5.91 Å². The van der Waals surface area contributed by atoms with Crippen LogP contribution < -0.4 is 5.32 Å². The summed E-state index contributed by atoms with van der Waals surface area (Å²) in [4.78, 5) is 27.6. The molecule has 2 aliphatic heterocycles. The van der Waals surface area contributed by atoms with E-state index in [2.05, 4.69) is 5.32 Å². The fourth-order valence-corrected chi connectivity index (χ4v) is 2.46. The normalized spacial score (nSPS) is 28.1. The third kappa shape index (κ3) is 3.18. The van der Waals surface area contributed by atoms with E-state index in [4.69, 9.17) is 4.74 Å². The highest BCUT2D eigenvalue weighted by molar-refractivity contribution is 5.83. The van der Waals surface area contributed by atoms with Crippen molar-refractivity contribution in [3.8, 4) is 0 Å². The molecule has 0 aromatic rings. The van der Waals surface area contributed by atoms with Crippen LogP contribution in [-0.4, -0.2) is 65.7 Å². The molecule has 6 nitrogen and oxygen atoms in total. The molecule has 19 heavy (non-hydrogen) atoms. The first-order valence-electron chi connectivity index (χ1n) is 6.80. The van der Waals surface area contributed by atoms with Gasteiger partial charge in [0.1, 0.15) is 5.60 Å². The van der Waals surface area contributed by atoms with Gasteiger partial charge >= 0.3 is 6.09 Å². The Labute approximate surface area is 114 Å². The van der Waals surface area contributed by atoms with Crippen LogP contribution in [0, 0.1) is 0 Å². The van der Waals surface area contributed by atoms with Crippen LogP contribution in [0.3, 0.4) is 0 Å². The Balaban J connectivity index is 1.96. The third-order valence-electron chi connectivity index (χ3n) is 3.45. The predicted molar refractivity (Wildman–Crippen MR) is 70.8 cm³/mol. The van der Waals surface area contributed by atoms with E-state index in [0.29, 0.717) is 19.6 Å². The first kappa shape index (κ1) is 14.1. The molecule has 0 aromatic carbocycles. The number of amides is 2. The summed E-state index contributed by atoms with van der Waals surface area (Å²) in [5.74, 6) is 0.125. The minimum Gasteiger partial charge on any atom is -0.444 e. The van der Waals surface area contributed by atoms with E-state index < -0.39 is 5.60 Å². The number of hydrogen-bond donors (Lipinski definition) is 1. The second kappa shape index (κ2) is 5.00. The van der Waals surface area contributed by atoms with Crippen molar-refractivity contribution in [2.75, 3.05) is 26.2 Å². The number of piperazine rings is 2. The molecule has 0 aromatic heterocycles. The Bertz CT molecular complexity index is 378. The van der Waals surface area contributed by atoms with Gasteiger partial charge in [0, 0.05) is 26.2 Å². The lowest BCUT2D eigenvalue weighted by atomic mass is 10.1. The summed E-state index contributed by atoms with van der Waals surface area (Å²) >= 11 is 0. The van der Waals surface area contributed by atoms with E-state index in [1.54, 1.807) is 4.90 Å². The maximum Gasteiger partial charge on any atom is 0.410 e. The summed E-state index contributed by atoms with van der Waals surface area (Å²) in [5, 5.41) is 3.17. The maximum absolute atomic E-state index is 12.0. The molecular weight excluding hydrogens is 246 g/mol. The number of rotatable bonds is 0. The summed E-state index contributed by atoms with van der Waals surface area (Å²) in [7, 11) is 0. The van der Waals surface area contributed by atoms with Crippen LogP contribution in [0.15, 0.2) is 0 Å². The van der Waals surface area contributed by atoms with Crippen LogP contribution >= 0.6 is 0 Å². The molecule has 2 saturated heterocycles. The van der Waals surface area contributed by atoms with Gasteiger partial charge in [-0.2, -0.15) is 0 Å². The van der Waals surface area contributed by atoms with E-state index in [-0.39, 0.29) is 24.1 Å². The van der Waals surface area contributed by atoms with Gasteiger partial charge in [-0.25, -0.2) is 4.79 Å². The Hall–Kier alpha value is -1.30. The average molecular weight is 269 g/mol. The van der Waals surface area contributed by atoms with Crippen LogP contribution in [0.2, 0.25) is 0 Å². The molecule has 0 bridgehead atoms. The molecule has 2 aliphatic rings. The zero-order chi connectivity index (χ0) is 14.2. The zero-order valence-electron chi connectivity index (χ0n) is 12.1. The first-order valence-corrected chi connectivity index (χ1v) is 6.80. The van der Waals surface area contributed by atoms with Gasteiger partial charge in [-0.1, -0.05) is 0 Å². The van der Waals surface area contributed by atoms with Gasteiger partial charge in [0.05, 0.1) is 12.1 Å². The molecule has 0 aliphatic carbocycles. The highest BCUT2D eigenvalue weighted by Crippen LogP contribution is 2.17. The van der Waals surface area contributed by atoms with Gasteiger partial charge in [0.25, 0.3) is 0 Å². The summed E-state index contributed by atoms with van der Waals surface area (Å²) in [5.41, 5.74) is -0.483. The molecule has 2 heterocycles. The number of nitrogens with zero attached hydrogens (tertiary/aromatic N) is 2. The Morgan fingerprint density at radius 2 is 2.05 bits per heavy atom. The fraction of sp³-hybridized carbons (Fsp3) is 0.846. The molecule has 2 rings (SSSR count). The quantitative estimate of drug-likeness (QED) is 0.692. The smallest absolute Gasteiger partial charge is 0.410 e. The predicted octanol–water partition coefficient (Wildman–Crippen LogP) is 0.426. The topological polar surface area (TPSA) is 61.9 Å². The van der Waals surface area contributed by atoms with Crippen molar-refractivity contribution in [3.63, 3.8) is 0 Å². The molecule has 0 saturated carbocycles. The van der Waals surface area contributed by atoms with Crippen LogP contribution in [0.4, 0.5) is 4.79 Å². The van der Waals surface area contributed by atoms with E-state index in [0.717, 1.165) is 6.54 Å². The molecule has 0 spiro atoms. The van der Waals surface area contributed by atoms with Gasteiger partial charge in [-0.3, -0.25) is 4.79 Å². The minimum absolute atomic E-state index is 0.0602. The molecule has 2 fully saturated rings. The Kier molecular flexibility index (Phi) is 3.71. The maximum atomic E-state index is 12.0. The summed E-state index contributed by atoms with van der Waals surface area (Å²) < 4.78 is 5.37. The molecular formula is C13H23N3O3. The van der Waals surface area contributed by atoms with Crippen LogP contribution in [-0.2, 0) is 9.53 Å². The minimum atomic E-state index is -0.483. The first-order chi connectivity index (χ1) is 8.78. The van der Waals surface area contributed by atoms with Crippen LogP contribution in [0.5, 0.6) is 0 Å². The summed E-state index contributed by atoms with van der Waals surface area (Å²) in [6, 6.07) is -0.0608. The largest absolute Gasteiger partial charge is 0.444 e. The molecule has 0 unspecified atom stereocenters. The van der Waals surface area contributed by atoms with Crippen molar-refractivity contribution in [3.05, 3.63) is 0 Å². The third-order valence-corrected chi connectivity index (χ3v) is 3.45. The van der Waals surface area contributed by atoms with E-state index >= 15 is 0 Å². The molecule has 108 valence electrons. The monoisotopic (exact) mass is 269 g/mol. The number of hydrogen-bond acceptors (Lipinski definition) is 4. The standard InChI is InChI=1S/C13H23N3O3/c1-9-11(17)16-6-5-15(8-10(16)7-14-9)12(18)19-13(2,3)4/h9-10,14H,5-8H2,1-4H3/t9-,10+/m0/s1. The Morgan fingerprint density at radius 3 is 2.68 bits per heavy atom. The lowest BCUT2D eigenvalue weighted by molar-refractivity contribution is -0.141. The van der Waals surface area contributed by atoms with E-state index in [1.165, 1.54) is 0 Å². The molecule has 0 radical (unpaired) electrons. The lowest BCUT2D eigenvalue weighted by Gasteiger charge is -2.45. The summed E-state index contributed by atoms with van der Waals surface area (Å²) in [6.07, 6.45) is -0.293. The van der Waals surface area contributed by atoms with E-state index in [1.807, 2.05) is 32.6 Å². The number of nitrogens with one attached hydrogen (secondary N) is 1.